The number of benzene rings is 2. The molecule has 29 heavy (non-hydrogen) atoms. The Balaban J connectivity index is 1.64. The summed E-state index contributed by atoms with van der Waals surface area (Å²) >= 11 is 0. The maximum Gasteiger partial charge on any atom is 0.451 e. The lowest BCUT2D eigenvalue weighted by Crippen LogP contribution is -2.44. The number of imide groups is 1. The lowest BCUT2D eigenvalue weighted by Gasteiger charge is -2.25. The molecule has 0 heterocycles. The molecule has 0 bridgehead atoms. The van der Waals surface area contributed by atoms with Crippen LogP contribution in [0, 0.1) is 5.92 Å². The van der Waals surface area contributed by atoms with Gasteiger partial charge in [-0.15, -0.1) is 0 Å². The Labute approximate surface area is 169 Å². The largest absolute Gasteiger partial charge is 0.451 e. The van der Waals surface area contributed by atoms with Crippen molar-refractivity contribution in [2.75, 3.05) is 13.6 Å². The van der Waals surface area contributed by atoms with E-state index in [4.69, 9.17) is 9.57 Å². The summed E-state index contributed by atoms with van der Waals surface area (Å²) in [7, 11) is 1.56. The summed E-state index contributed by atoms with van der Waals surface area (Å²) in [6.45, 7) is -0.196. The van der Waals surface area contributed by atoms with Gasteiger partial charge in [0, 0.05) is 0 Å². The van der Waals surface area contributed by atoms with Gasteiger partial charge in [-0.1, -0.05) is 59.7 Å². The lowest BCUT2D eigenvalue weighted by atomic mass is 9.84. The van der Waals surface area contributed by atoms with Gasteiger partial charge >= 0.3 is 12.1 Å². The molecular formula is C22H24N2O5. The maximum atomic E-state index is 12.7. The standard InChI is InChI=1S/C22H24N2O5/c1-23-14-20(25)24(22(27)28-15-16-7-3-2-4-8-16)29-21(26)19-12-11-17-9-5-6-10-18(17)13-19/h2-10,19,23H,11-15H2,1H3. The van der Waals surface area contributed by atoms with Crippen LogP contribution in [0.1, 0.15) is 23.1 Å². The molecule has 7 nitrogen and oxygen atoms in total. The van der Waals surface area contributed by atoms with E-state index in [1.165, 1.54) is 5.56 Å². The van der Waals surface area contributed by atoms with E-state index < -0.39 is 23.9 Å². The van der Waals surface area contributed by atoms with Crippen LogP contribution in [0.5, 0.6) is 0 Å². The van der Waals surface area contributed by atoms with Gasteiger partial charge in [0.25, 0.3) is 5.91 Å². The molecule has 0 spiro atoms. The third kappa shape index (κ3) is 5.42. The molecule has 7 heteroatoms. The van der Waals surface area contributed by atoms with Gasteiger partial charge in [-0.2, -0.15) is 0 Å². The minimum absolute atomic E-state index is 0.0304. The van der Waals surface area contributed by atoms with Gasteiger partial charge in [0.15, 0.2) is 0 Å². The minimum Gasteiger partial charge on any atom is -0.442 e. The zero-order chi connectivity index (χ0) is 20.6. The second-order valence-corrected chi connectivity index (χ2v) is 6.88. The maximum absolute atomic E-state index is 12.7. The van der Waals surface area contributed by atoms with Gasteiger partial charge in [0.1, 0.15) is 6.61 Å². The third-order valence-electron chi connectivity index (χ3n) is 4.79. The third-order valence-corrected chi connectivity index (χ3v) is 4.79. The van der Waals surface area contributed by atoms with Crippen LogP contribution in [0.15, 0.2) is 54.6 Å². The lowest BCUT2D eigenvalue weighted by molar-refractivity contribution is -0.194. The SMILES string of the molecule is CNCC(=O)N(OC(=O)C1CCc2ccccc2C1)C(=O)OCc1ccccc1. The molecule has 2 amide bonds. The van der Waals surface area contributed by atoms with Crippen LogP contribution >= 0.6 is 0 Å². The van der Waals surface area contributed by atoms with E-state index in [2.05, 4.69) is 5.32 Å². The molecule has 1 aliphatic carbocycles. The fourth-order valence-electron chi connectivity index (χ4n) is 3.25. The number of rotatable bonds is 5. The van der Waals surface area contributed by atoms with Crippen molar-refractivity contribution < 1.29 is 24.0 Å². The number of likely N-dealkylation sites (N-methyl/N-ethyl adjacent to an activating group) is 1. The summed E-state index contributed by atoms with van der Waals surface area (Å²) in [6.07, 6.45) is 0.850. The molecule has 0 saturated heterocycles. The Morgan fingerprint density at radius 2 is 1.72 bits per heavy atom. The van der Waals surface area contributed by atoms with Crippen molar-refractivity contribution in [2.45, 2.75) is 25.9 Å². The van der Waals surface area contributed by atoms with Crippen molar-refractivity contribution in [2.24, 2.45) is 5.92 Å². The topological polar surface area (TPSA) is 84.9 Å². The molecular weight excluding hydrogens is 372 g/mol. The zero-order valence-corrected chi connectivity index (χ0v) is 16.3. The van der Waals surface area contributed by atoms with Crippen LogP contribution in [0.25, 0.3) is 0 Å². The molecule has 0 saturated carbocycles. The normalized spacial score (nSPS) is 15.1. The quantitative estimate of drug-likeness (QED) is 0.782. The first-order valence-electron chi connectivity index (χ1n) is 9.55. The van der Waals surface area contributed by atoms with Gasteiger partial charge in [0.2, 0.25) is 0 Å². The van der Waals surface area contributed by atoms with E-state index in [0.29, 0.717) is 17.9 Å². The predicted octanol–water partition coefficient (Wildman–Crippen LogP) is 2.63. The number of aryl methyl sites for hydroxylation is 1. The molecule has 1 atom stereocenters. The molecule has 1 unspecified atom stereocenters. The highest BCUT2D eigenvalue weighted by atomic mass is 16.8. The summed E-state index contributed by atoms with van der Waals surface area (Å²) in [5.74, 6) is -1.73. The van der Waals surface area contributed by atoms with Crippen LogP contribution in [0.2, 0.25) is 0 Å². The van der Waals surface area contributed by atoms with Gasteiger partial charge < -0.3 is 14.9 Å². The number of hydroxylamine groups is 2. The molecule has 0 radical (unpaired) electrons. The highest BCUT2D eigenvalue weighted by Crippen LogP contribution is 2.26. The van der Waals surface area contributed by atoms with Crippen molar-refractivity contribution >= 4 is 18.0 Å². The highest BCUT2D eigenvalue weighted by Gasteiger charge is 2.32. The number of hydrogen-bond donors (Lipinski definition) is 1. The molecule has 2 aromatic carbocycles. The van der Waals surface area contributed by atoms with Gasteiger partial charge in [-0.05, 0) is 43.0 Å². The molecule has 1 N–H and O–H groups in total. The summed E-state index contributed by atoms with van der Waals surface area (Å²) in [6, 6.07) is 17.0. The number of fused-ring (bicyclic) bond motifs is 1. The van der Waals surface area contributed by atoms with Crippen molar-refractivity contribution in [1.82, 2.24) is 10.4 Å². The van der Waals surface area contributed by atoms with Crippen LogP contribution in [-0.2, 0) is 38.6 Å². The van der Waals surface area contributed by atoms with Crippen LogP contribution in [-0.4, -0.2) is 36.6 Å². The molecule has 0 aromatic heterocycles. The number of hydrogen-bond acceptors (Lipinski definition) is 6. The number of nitrogens with zero attached hydrogens (tertiary/aromatic N) is 1. The van der Waals surface area contributed by atoms with Gasteiger partial charge in [-0.3, -0.25) is 4.79 Å². The van der Waals surface area contributed by atoms with E-state index in [1.54, 1.807) is 19.2 Å². The van der Waals surface area contributed by atoms with Gasteiger partial charge in [-0.25, -0.2) is 9.59 Å². The van der Waals surface area contributed by atoms with Crippen LogP contribution in [0.4, 0.5) is 4.79 Å². The smallest absolute Gasteiger partial charge is 0.442 e. The Kier molecular flexibility index (Phi) is 6.97. The van der Waals surface area contributed by atoms with E-state index >= 15 is 0 Å². The molecule has 0 aliphatic heterocycles. The van der Waals surface area contributed by atoms with Crippen molar-refractivity contribution in [3.63, 3.8) is 0 Å². The highest BCUT2D eigenvalue weighted by molar-refractivity contribution is 5.93. The number of carbonyl (C=O) groups is 3. The predicted molar refractivity (Wildman–Crippen MR) is 105 cm³/mol. The summed E-state index contributed by atoms with van der Waals surface area (Å²) in [4.78, 5) is 42.6. The van der Waals surface area contributed by atoms with Crippen molar-refractivity contribution in [3.8, 4) is 0 Å². The monoisotopic (exact) mass is 396 g/mol. The Morgan fingerprint density at radius 1 is 1.03 bits per heavy atom. The molecule has 3 rings (SSSR count). The summed E-state index contributed by atoms with van der Waals surface area (Å²) in [5, 5.41) is 3.07. The number of ether oxygens (including phenoxy) is 1. The second kappa shape index (κ2) is 9.84. The van der Waals surface area contributed by atoms with E-state index in [-0.39, 0.29) is 13.2 Å². The average molecular weight is 396 g/mol. The minimum atomic E-state index is -1.02. The van der Waals surface area contributed by atoms with Crippen LogP contribution < -0.4 is 5.32 Å². The van der Waals surface area contributed by atoms with Crippen molar-refractivity contribution in [3.05, 3.63) is 71.3 Å². The second-order valence-electron chi connectivity index (χ2n) is 6.88. The summed E-state index contributed by atoms with van der Waals surface area (Å²) < 4.78 is 5.16. The Bertz CT molecular complexity index is 869. The number of carbonyl (C=O) groups excluding carboxylic acids is 3. The molecule has 0 fully saturated rings. The average Bonchev–Trinajstić information content (AvgIpc) is 2.76. The van der Waals surface area contributed by atoms with E-state index in [0.717, 1.165) is 17.5 Å². The first-order valence-corrected chi connectivity index (χ1v) is 9.55. The fraction of sp³-hybridized carbons (Fsp3) is 0.318. The zero-order valence-electron chi connectivity index (χ0n) is 16.3. The Hall–Kier alpha value is -3.19. The molecule has 1 aliphatic rings. The number of nitrogens with one attached hydrogen (secondary N) is 1. The Morgan fingerprint density at radius 3 is 2.45 bits per heavy atom. The summed E-state index contributed by atoms with van der Waals surface area (Å²) in [5.41, 5.74) is 3.06. The van der Waals surface area contributed by atoms with E-state index in [9.17, 15) is 14.4 Å². The first-order chi connectivity index (χ1) is 14.1. The fourth-order valence-corrected chi connectivity index (χ4v) is 3.25. The molecule has 2 aromatic rings. The number of amides is 2. The van der Waals surface area contributed by atoms with Gasteiger partial charge in [0.05, 0.1) is 12.5 Å². The molecule has 152 valence electrons. The first kappa shape index (κ1) is 20.5. The van der Waals surface area contributed by atoms with E-state index in [1.807, 2.05) is 42.5 Å². The van der Waals surface area contributed by atoms with Crippen LogP contribution in [0.3, 0.4) is 0 Å². The van der Waals surface area contributed by atoms with Crippen molar-refractivity contribution in [1.29, 1.82) is 0 Å².